The Morgan fingerprint density at radius 2 is 1.76 bits per heavy atom. The molecule has 0 aromatic carbocycles. The van der Waals surface area contributed by atoms with Crippen LogP contribution >= 0.6 is 0 Å². The Kier molecular flexibility index (Phi) is 5.59. The van der Waals surface area contributed by atoms with Gasteiger partial charge < -0.3 is 15.3 Å². The van der Waals surface area contributed by atoms with E-state index >= 15 is 0 Å². The largest absolute Gasteiger partial charge is 0.396 e. The van der Waals surface area contributed by atoms with Gasteiger partial charge in [0.1, 0.15) is 5.60 Å². The summed E-state index contributed by atoms with van der Waals surface area (Å²) in [6.45, 7) is 7.32. The molecule has 162 valence electrons. The van der Waals surface area contributed by atoms with Gasteiger partial charge in [0, 0.05) is 24.8 Å². The second kappa shape index (κ2) is 7.62. The van der Waals surface area contributed by atoms with Crippen LogP contribution in [0.25, 0.3) is 0 Å². The second-order valence-electron chi connectivity index (χ2n) is 10.9. The average molecular weight is 402 g/mol. The van der Waals surface area contributed by atoms with Gasteiger partial charge in [0.05, 0.1) is 5.69 Å². The van der Waals surface area contributed by atoms with Crippen molar-refractivity contribution in [2.75, 3.05) is 13.2 Å². The predicted molar refractivity (Wildman–Crippen MR) is 114 cm³/mol. The van der Waals surface area contributed by atoms with Gasteiger partial charge >= 0.3 is 0 Å². The Hall–Kier alpha value is -0.970. The Balaban J connectivity index is 1.66. The second-order valence-corrected chi connectivity index (χ2v) is 10.9. The summed E-state index contributed by atoms with van der Waals surface area (Å²) in [7, 11) is 0. The van der Waals surface area contributed by atoms with E-state index in [1.165, 1.54) is 6.42 Å². The third-order valence-electron chi connectivity index (χ3n) is 9.75. The molecule has 4 rings (SSSR count). The lowest BCUT2D eigenvalue weighted by Crippen LogP contribution is -2.54. The fourth-order valence-corrected chi connectivity index (χ4v) is 7.81. The van der Waals surface area contributed by atoms with Crippen molar-refractivity contribution in [1.29, 1.82) is 0 Å². The molecule has 0 spiro atoms. The van der Waals surface area contributed by atoms with E-state index in [-0.39, 0.29) is 35.9 Å². The zero-order valence-electron chi connectivity index (χ0n) is 18.3. The van der Waals surface area contributed by atoms with E-state index in [9.17, 15) is 15.3 Å². The maximum Gasteiger partial charge on any atom is 0.112 e. The molecule has 29 heavy (non-hydrogen) atoms. The van der Waals surface area contributed by atoms with Crippen LogP contribution in [0.15, 0.2) is 24.4 Å². The molecule has 4 nitrogen and oxygen atoms in total. The fraction of sp³-hybridized carbons (Fsp3) is 0.800. The van der Waals surface area contributed by atoms with Gasteiger partial charge in [0.25, 0.3) is 0 Å². The zero-order valence-corrected chi connectivity index (χ0v) is 18.3. The molecule has 0 aliphatic heterocycles. The summed E-state index contributed by atoms with van der Waals surface area (Å²) in [6, 6.07) is 5.82. The summed E-state index contributed by atoms with van der Waals surface area (Å²) >= 11 is 0. The first-order valence-electron chi connectivity index (χ1n) is 11.7. The monoisotopic (exact) mass is 401 g/mol. The van der Waals surface area contributed by atoms with Crippen molar-refractivity contribution in [1.82, 2.24) is 4.98 Å². The molecule has 3 aliphatic rings. The van der Waals surface area contributed by atoms with Gasteiger partial charge in [0.2, 0.25) is 0 Å². The SMILES string of the molecule is C[C@H]1CC[C@](C)([C@H]2CC[C@@]3(C)[C@@H](CC[C@@]3(O)c3ccccn3)[C@@H]2CO)[C@@H](CO)C1. The van der Waals surface area contributed by atoms with Gasteiger partial charge in [-0.2, -0.15) is 0 Å². The van der Waals surface area contributed by atoms with Crippen LogP contribution in [0.3, 0.4) is 0 Å². The third kappa shape index (κ3) is 3.09. The minimum absolute atomic E-state index is 0.0711. The van der Waals surface area contributed by atoms with Crippen molar-refractivity contribution in [3.8, 4) is 0 Å². The molecule has 3 N–H and O–H groups in total. The van der Waals surface area contributed by atoms with Gasteiger partial charge in [-0.3, -0.25) is 4.98 Å². The fourth-order valence-electron chi connectivity index (χ4n) is 7.81. The Morgan fingerprint density at radius 3 is 2.41 bits per heavy atom. The summed E-state index contributed by atoms with van der Waals surface area (Å²) < 4.78 is 0. The number of hydrogen-bond acceptors (Lipinski definition) is 4. The highest BCUT2D eigenvalue weighted by atomic mass is 16.3. The van der Waals surface area contributed by atoms with E-state index in [1.54, 1.807) is 6.20 Å². The molecule has 3 fully saturated rings. The Morgan fingerprint density at radius 1 is 1.00 bits per heavy atom. The zero-order chi connectivity index (χ0) is 20.9. The van der Waals surface area contributed by atoms with Crippen LogP contribution in [-0.2, 0) is 5.60 Å². The van der Waals surface area contributed by atoms with Crippen LogP contribution in [0.4, 0.5) is 0 Å². The van der Waals surface area contributed by atoms with Gasteiger partial charge in [-0.1, -0.05) is 33.3 Å². The lowest BCUT2D eigenvalue weighted by molar-refractivity contribution is -0.151. The number of aromatic nitrogens is 1. The minimum Gasteiger partial charge on any atom is -0.396 e. The van der Waals surface area contributed by atoms with E-state index in [0.717, 1.165) is 37.8 Å². The van der Waals surface area contributed by atoms with Crippen molar-refractivity contribution in [3.63, 3.8) is 0 Å². The maximum absolute atomic E-state index is 11.8. The molecule has 3 saturated carbocycles. The summed E-state index contributed by atoms with van der Waals surface area (Å²) in [6.07, 6.45) is 8.81. The van der Waals surface area contributed by atoms with Crippen LogP contribution < -0.4 is 0 Å². The van der Waals surface area contributed by atoms with Crippen molar-refractivity contribution in [3.05, 3.63) is 30.1 Å². The van der Waals surface area contributed by atoms with E-state index in [1.807, 2.05) is 18.2 Å². The number of hydrogen-bond donors (Lipinski definition) is 3. The molecule has 0 bridgehead atoms. The summed E-state index contributed by atoms with van der Waals surface area (Å²) in [5.41, 5.74) is -0.332. The van der Waals surface area contributed by atoms with Crippen LogP contribution in [-0.4, -0.2) is 33.5 Å². The first-order valence-corrected chi connectivity index (χ1v) is 11.7. The molecule has 1 aromatic rings. The quantitative estimate of drug-likeness (QED) is 0.709. The van der Waals surface area contributed by atoms with E-state index in [0.29, 0.717) is 24.2 Å². The number of aliphatic hydroxyl groups excluding tert-OH is 2. The molecule has 0 amide bonds. The van der Waals surface area contributed by atoms with Crippen LogP contribution in [0, 0.1) is 40.4 Å². The lowest BCUT2D eigenvalue weighted by atomic mass is 9.48. The Labute approximate surface area is 175 Å². The van der Waals surface area contributed by atoms with Crippen LogP contribution in [0.2, 0.25) is 0 Å². The van der Waals surface area contributed by atoms with Crippen LogP contribution in [0.5, 0.6) is 0 Å². The first kappa shape index (κ1) is 21.3. The smallest absolute Gasteiger partial charge is 0.112 e. The van der Waals surface area contributed by atoms with Gasteiger partial charge in [-0.15, -0.1) is 0 Å². The highest BCUT2D eigenvalue weighted by Gasteiger charge is 2.64. The van der Waals surface area contributed by atoms with Crippen molar-refractivity contribution in [2.45, 2.75) is 71.3 Å². The molecule has 0 radical (unpaired) electrons. The standard InChI is InChI=1S/C25H39NO3/c1-17-7-10-23(2,18(14-17)15-27)20-8-11-24(3)21(19(20)16-28)9-12-25(24,29)22-6-4-5-13-26-22/h4-6,13,17-21,27-29H,7-12,14-16H2,1-3H3/t17-,18+,19+,20-,21-,23-,24-,25+/m0/s1. The molecule has 1 aromatic heterocycles. The van der Waals surface area contributed by atoms with Gasteiger partial charge in [-0.25, -0.2) is 0 Å². The van der Waals surface area contributed by atoms with Gasteiger partial charge in [0.15, 0.2) is 0 Å². The predicted octanol–water partition coefficient (Wildman–Crippen LogP) is 4.14. The van der Waals surface area contributed by atoms with E-state index < -0.39 is 5.60 Å². The molecule has 0 saturated heterocycles. The maximum atomic E-state index is 11.8. The number of aliphatic hydroxyl groups is 3. The van der Waals surface area contributed by atoms with Crippen LogP contribution in [0.1, 0.15) is 71.4 Å². The molecule has 8 atom stereocenters. The summed E-state index contributed by atoms with van der Waals surface area (Å²) in [5, 5.41) is 32.6. The summed E-state index contributed by atoms with van der Waals surface area (Å²) in [4.78, 5) is 4.53. The van der Waals surface area contributed by atoms with E-state index in [4.69, 9.17) is 0 Å². The third-order valence-corrected chi connectivity index (χ3v) is 9.75. The topological polar surface area (TPSA) is 73.6 Å². The van der Waals surface area contributed by atoms with Gasteiger partial charge in [-0.05, 0) is 85.7 Å². The van der Waals surface area contributed by atoms with Crippen molar-refractivity contribution in [2.24, 2.45) is 40.4 Å². The molecule has 4 heteroatoms. The molecule has 0 unspecified atom stereocenters. The number of rotatable bonds is 4. The highest BCUT2D eigenvalue weighted by Crippen LogP contribution is 2.67. The molecular formula is C25H39NO3. The molecule has 3 aliphatic carbocycles. The number of fused-ring (bicyclic) bond motifs is 1. The summed E-state index contributed by atoms with van der Waals surface area (Å²) in [5.74, 6) is 1.85. The Bertz CT molecular complexity index is 711. The normalized spacial score (nSPS) is 47.7. The number of pyridine rings is 1. The molecule has 1 heterocycles. The van der Waals surface area contributed by atoms with Crippen molar-refractivity contribution < 1.29 is 15.3 Å². The van der Waals surface area contributed by atoms with Crippen molar-refractivity contribution >= 4 is 0 Å². The lowest BCUT2D eigenvalue weighted by Gasteiger charge is -2.58. The first-order chi connectivity index (χ1) is 13.8. The highest BCUT2D eigenvalue weighted by molar-refractivity contribution is 5.23. The average Bonchev–Trinajstić information content (AvgIpc) is 3.01. The van der Waals surface area contributed by atoms with E-state index in [2.05, 4.69) is 25.8 Å². The minimum atomic E-state index is -0.921. The molecular weight excluding hydrogens is 362 g/mol. The number of nitrogens with zero attached hydrogens (tertiary/aromatic N) is 1.